The maximum absolute atomic E-state index is 13.5. The summed E-state index contributed by atoms with van der Waals surface area (Å²) >= 11 is 3.57. The van der Waals surface area contributed by atoms with Crippen LogP contribution in [0.3, 0.4) is 0 Å². The molecule has 1 N–H and O–H groups in total. The summed E-state index contributed by atoms with van der Waals surface area (Å²) in [6.45, 7) is 6.58. The van der Waals surface area contributed by atoms with Crippen LogP contribution in [0.2, 0.25) is 0 Å². The molecule has 0 heterocycles. The van der Waals surface area contributed by atoms with E-state index in [1.165, 1.54) is 31.7 Å². The number of hydrogen-bond donors (Lipinski definition) is 1. The zero-order valence-electron chi connectivity index (χ0n) is 13.2. The molecule has 0 aliphatic heterocycles. The zero-order valence-corrected chi connectivity index (χ0v) is 14.8. The van der Waals surface area contributed by atoms with Gasteiger partial charge in [-0.25, -0.2) is 4.39 Å². The molecule has 0 bridgehead atoms. The predicted molar refractivity (Wildman–Crippen MR) is 91.0 cm³/mol. The average Bonchev–Trinajstić information content (AvgIpc) is 2.95. The highest BCUT2D eigenvalue weighted by Crippen LogP contribution is 2.34. The number of benzene rings is 1. The largest absolute Gasteiger partial charge is 0.316 e. The molecule has 1 aliphatic rings. The average molecular weight is 356 g/mol. The monoisotopic (exact) mass is 355 g/mol. The van der Waals surface area contributed by atoms with E-state index in [0.717, 1.165) is 35.5 Å². The van der Waals surface area contributed by atoms with Gasteiger partial charge in [-0.05, 0) is 61.0 Å². The molecule has 1 saturated carbocycles. The van der Waals surface area contributed by atoms with Crippen molar-refractivity contribution in [1.82, 2.24) is 5.32 Å². The summed E-state index contributed by atoms with van der Waals surface area (Å²) in [5.41, 5.74) is 1.11. The van der Waals surface area contributed by atoms with Gasteiger partial charge in [-0.15, -0.1) is 0 Å². The lowest BCUT2D eigenvalue weighted by Crippen LogP contribution is -2.31. The first kappa shape index (κ1) is 17.0. The number of halogens is 2. The summed E-state index contributed by atoms with van der Waals surface area (Å²) in [5.74, 6) is 1.95. The zero-order chi connectivity index (χ0) is 15.2. The van der Waals surface area contributed by atoms with Crippen LogP contribution in [-0.2, 0) is 6.42 Å². The van der Waals surface area contributed by atoms with Crippen LogP contribution < -0.4 is 5.32 Å². The van der Waals surface area contributed by atoms with Crippen molar-refractivity contribution < 1.29 is 4.39 Å². The Morgan fingerprint density at radius 1 is 1.24 bits per heavy atom. The SMILES string of the molecule is CC(C)CNCC(Cc1cc(F)ccc1Br)C1CCCC1. The predicted octanol–water partition coefficient (Wildman–Crippen LogP) is 5.18. The molecule has 2 rings (SSSR count). The third kappa shape index (κ3) is 5.37. The highest BCUT2D eigenvalue weighted by atomic mass is 79.9. The third-order valence-corrected chi connectivity index (χ3v) is 5.29. The second-order valence-electron chi connectivity index (χ2n) is 6.80. The van der Waals surface area contributed by atoms with Gasteiger partial charge in [0.1, 0.15) is 5.82 Å². The third-order valence-electron chi connectivity index (χ3n) is 4.52. The van der Waals surface area contributed by atoms with Crippen LogP contribution >= 0.6 is 15.9 Å². The van der Waals surface area contributed by atoms with Crippen molar-refractivity contribution in [2.24, 2.45) is 17.8 Å². The Kier molecular flexibility index (Phi) is 6.69. The lowest BCUT2D eigenvalue weighted by atomic mass is 9.85. The highest BCUT2D eigenvalue weighted by Gasteiger charge is 2.25. The molecule has 1 aromatic carbocycles. The van der Waals surface area contributed by atoms with E-state index in [0.29, 0.717) is 11.8 Å². The van der Waals surface area contributed by atoms with Crippen LogP contribution in [0.4, 0.5) is 4.39 Å². The molecule has 1 atom stereocenters. The maximum Gasteiger partial charge on any atom is 0.123 e. The molecule has 1 aliphatic carbocycles. The summed E-state index contributed by atoms with van der Waals surface area (Å²) in [5, 5.41) is 3.61. The van der Waals surface area contributed by atoms with Crippen molar-refractivity contribution in [2.45, 2.75) is 46.0 Å². The Hall–Kier alpha value is -0.410. The standard InChI is InChI=1S/C18H27BrFN/c1-13(2)11-21-12-16(14-5-3-4-6-14)9-15-10-17(20)7-8-18(15)19/h7-8,10,13-14,16,21H,3-6,9,11-12H2,1-2H3. The highest BCUT2D eigenvalue weighted by molar-refractivity contribution is 9.10. The van der Waals surface area contributed by atoms with Crippen LogP contribution in [-0.4, -0.2) is 13.1 Å². The number of nitrogens with one attached hydrogen (secondary N) is 1. The van der Waals surface area contributed by atoms with E-state index in [-0.39, 0.29) is 5.82 Å². The smallest absolute Gasteiger partial charge is 0.123 e. The van der Waals surface area contributed by atoms with Gasteiger partial charge in [0, 0.05) is 4.47 Å². The van der Waals surface area contributed by atoms with Crippen molar-refractivity contribution in [3.63, 3.8) is 0 Å². The molecule has 0 saturated heterocycles. The van der Waals surface area contributed by atoms with Gasteiger partial charge < -0.3 is 5.32 Å². The van der Waals surface area contributed by atoms with Crippen LogP contribution in [0.15, 0.2) is 22.7 Å². The molecule has 118 valence electrons. The molecule has 1 aromatic rings. The lowest BCUT2D eigenvalue weighted by molar-refractivity contribution is 0.315. The normalized spacial score (nSPS) is 17.6. The summed E-state index contributed by atoms with van der Waals surface area (Å²) in [4.78, 5) is 0. The number of hydrogen-bond acceptors (Lipinski definition) is 1. The van der Waals surface area contributed by atoms with Crippen LogP contribution in [0.1, 0.15) is 45.1 Å². The first-order chi connectivity index (χ1) is 10.1. The molecule has 3 heteroatoms. The molecule has 0 aromatic heterocycles. The maximum atomic E-state index is 13.5. The van der Waals surface area contributed by atoms with Crippen LogP contribution in [0, 0.1) is 23.6 Å². The Morgan fingerprint density at radius 3 is 2.62 bits per heavy atom. The van der Waals surface area contributed by atoms with Crippen LogP contribution in [0.5, 0.6) is 0 Å². The Labute approximate surface area is 136 Å². The van der Waals surface area contributed by atoms with Gasteiger partial charge in [0.05, 0.1) is 0 Å². The lowest BCUT2D eigenvalue weighted by Gasteiger charge is -2.25. The summed E-state index contributed by atoms with van der Waals surface area (Å²) in [6, 6.07) is 5.04. The van der Waals surface area contributed by atoms with Gasteiger partial charge in [0.2, 0.25) is 0 Å². The Balaban J connectivity index is 2.01. The fourth-order valence-corrected chi connectivity index (χ4v) is 3.78. The van der Waals surface area contributed by atoms with E-state index >= 15 is 0 Å². The fraction of sp³-hybridized carbons (Fsp3) is 0.667. The van der Waals surface area contributed by atoms with Gasteiger partial charge in [0.15, 0.2) is 0 Å². The Bertz CT molecular complexity index is 441. The van der Waals surface area contributed by atoms with Crippen molar-refractivity contribution in [3.05, 3.63) is 34.1 Å². The molecule has 0 radical (unpaired) electrons. The first-order valence-corrected chi connectivity index (χ1v) is 9.00. The van der Waals surface area contributed by atoms with E-state index in [1.54, 1.807) is 6.07 Å². The molecule has 0 spiro atoms. The van der Waals surface area contributed by atoms with E-state index in [9.17, 15) is 4.39 Å². The summed E-state index contributed by atoms with van der Waals surface area (Å²) < 4.78 is 14.5. The molecule has 0 amide bonds. The van der Waals surface area contributed by atoms with Crippen molar-refractivity contribution >= 4 is 15.9 Å². The minimum Gasteiger partial charge on any atom is -0.316 e. The van der Waals surface area contributed by atoms with Crippen LogP contribution in [0.25, 0.3) is 0 Å². The molecule has 1 nitrogen and oxygen atoms in total. The van der Waals surface area contributed by atoms with E-state index < -0.39 is 0 Å². The van der Waals surface area contributed by atoms with E-state index in [2.05, 4.69) is 35.1 Å². The topological polar surface area (TPSA) is 12.0 Å². The second-order valence-corrected chi connectivity index (χ2v) is 7.65. The molecular formula is C18H27BrFN. The van der Waals surface area contributed by atoms with Crippen molar-refractivity contribution in [3.8, 4) is 0 Å². The molecule has 1 unspecified atom stereocenters. The minimum absolute atomic E-state index is 0.131. The second kappa shape index (κ2) is 8.28. The van der Waals surface area contributed by atoms with Gasteiger partial charge in [-0.3, -0.25) is 0 Å². The van der Waals surface area contributed by atoms with Crippen molar-refractivity contribution in [2.75, 3.05) is 13.1 Å². The van der Waals surface area contributed by atoms with Gasteiger partial charge in [0.25, 0.3) is 0 Å². The van der Waals surface area contributed by atoms with Gasteiger partial charge in [-0.1, -0.05) is 55.5 Å². The molecular weight excluding hydrogens is 329 g/mol. The summed E-state index contributed by atoms with van der Waals surface area (Å²) in [7, 11) is 0. The molecule has 21 heavy (non-hydrogen) atoms. The van der Waals surface area contributed by atoms with Gasteiger partial charge in [-0.2, -0.15) is 0 Å². The quantitative estimate of drug-likeness (QED) is 0.710. The first-order valence-electron chi connectivity index (χ1n) is 8.21. The fourth-order valence-electron chi connectivity index (χ4n) is 3.37. The minimum atomic E-state index is -0.131. The van der Waals surface area contributed by atoms with E-state index in [1.807, 2.05) is 6.07 Å². The molecule has 1 fully saturated rings. The van der Waals surface area contributed by atoms with Gasteiger partial charge >= 0.3 is 0 Å². The van der Waals surface area contributed by atoms with Crippen molar-refractivity contribution in [1.29, 1.82) is 0 Å². The van der Waals surface area contributed by atoms with E-state index in [4.69, 9.17) is 0 Å². The summed E-state index contributed by atoms with van der Waals surface area (Å²) in [6.07, 6.45) is 6.35. The Morgan fingerprint density at radius 2 is 1.95 bits per heavy atom. The number of rotatable bonds is 7.